The van der Waals surface area contributed by atoms with Gasteiger partial charge in [0.1, 0.15) is 0 Å². The summed E-state index contributed by atoms with van der Waals surface area (Å²) in [5.74, 6) is 0. The van der Waals surface area contributed by atoms with E-state index < -0.39 is 10.1 Å². The number of nitrogens with one attached hydrogen (secondary N) is 1. The largest absolute Gasteiger partial charge is 0.361 e. The highest BCUT2D eigenvalue weighted by Gasteiger charge is 2.08. The standard InChI is InChI=1S/C15H15NO3S2/c1-21(17,18)19-7-6-12-10-16-14-5-4-11(9-13(12)14)15-3-2-8-20-15/h2-5,8-10,16H,6-7H2,1H3. The van der Waals surface area contributed by atoms with Gasteiger partial charge in [0.05, 0.1) is 12.9 Å². The van der Waals surface area contributed by atoms with Crippen molar-refractivity contribution >= 4 is 32.4 Å². The minimum atomic E-state index is -3.38. The van der Waals surface area contributed by atoms with E-state index in [-0.39, 0.29) is 6.61 Å². The predicted molar refractivity (Wildman–Crippen MR) is 86.1 cm³/mol. The predicted octanol–water partition coefficient (Wildman–Crippen LogP) is 3.42. The zero-order valence-corrected chi connectivity index (χ0v) is 13.1. The normalized spacial score (nSPS) is 12.0. The molecule has 0 aliphatic heterocycles. The van der Waals surface area contributed by atoms with Crippen LogP contribution in [-0.4, -0.2) is 26.3 Å². The Morgan fingerprint density at radius 2 is 2.14 bits per heavy atom. The Hall–Kier alpha value is -1.63. The molecule has 0 radical (unpaired) electrons. The summed E-state index contributed by atoms with van der Waals surface area (Å²) in [5, 5.41) is 3.16. The Bertz CT molecular complexity index is 848. The number of aromatic nitrogens is 1. The van der Waals surface area contributed by atoms with E-state index in [0.29, 0.717) is 6.42 Å². The van der Waals surface area contributed by atoms with Crippen LogP contribution in [0.15, 0.2) is 41.9 Å². The van der Waals surface area contributed by atoms with E-state index in [1.54, 1.807) is 11.3 Å². The highest BCUT2D eigenvalue weighted by molar-refractivity contribution is 7.85. The fourth-order valence-corrected chi connectivity index (χ4v) is 3.39. The summed E-state index contributed by atoms with van der Waals surface area (Å²) in [6, 6.07) is 10.4. The average molecular weight is 321 g/mol. The minimum Gasteiger partial charge on any atom is -0.361 e. The first-order valence-corrected chi connectivity index (χ1v) is 9.21. The summed E-state index contributed by atoms with van der Waals surface area (Å²) < 4.78 is 26.8. The third-order valence-electron chi connectivity index (χ3n) is 3.24. The molecule has 1 N–H and O–H groups in total. The minimum absolute atomic E-state index is 0.162. The van der Waals surface area contributed by atoms with Crippen molar-refractivity contribution in [1.29, 1.82) is 0 Å². The van der Waals surface area contributed by atoms with Crippen LogP contribution in [0.4, 0.5) is 0 Å². The molecule has 0 bridgehead atoms. The third kappa shape index (κ3) is 3.34. The fourth-order valence-electron chi connectivity index (χ4n) is 2.28. The van der Waals surface area contributed by atoms with Crippen molar-refractivity contribution in [3.63, 3.8) is 0 Å². The number of hydrogen-bond donors (Lipinski definition) is 1. The summed E-state index contributed by atoms with van der Waals surface area (Å²) in [6.07, 6.45) is 3.53. The molecule has 0 amide bonds. The molecule has 0 atom stereocenters. The lowest BCUT2D eigenvalue weighted by Crippen LogP contribution is -2.05. The first-order valence-electron chi connectivity index (χ1n) is 6.51. The van der Waals surface area contributed by atoms with E-state index >= 15 is 0 Å². The number of rotatable bonds is 5. The molecule has 0 saturated heterocycles. The van der Waals surface area contributed by atoms with Crippen LogP contribution in [0.5, 0.6) is 0 Å². The van der Waals surface area contributed by atoms with Crippen LogP contribution in [0, 0.1) is 0 Å². The van der Waals surface area contributed by atoms with Gasteiger partial charge in [-0.15, -0.1) is 11.3 Å². The molecule has 0 spiro atoms. The Labute approximate surface area is 127 Å². The van der Waals surface area contributed by atoms with Gasteiger partial charge in [0, 0.05) is 22.0 Å². The molecule has 4 nitrogen and oxygen atoms in total. The molecule has 0 fully saturated rings. The smallest absolute Gasteiger partial charge is 0.264 e. The second kappa shape index (κ2) is 5.63. The van der Waals surface area contributed by atoms with Gasteiger partial charge in [0.25, 0.3) is 10.1 Å². The van der Waals surface area contributed by atoms with Crippen molar-refractivity contribution in [2.24, 2.45) is 0 Å². The first-order chi connectivity index (χ1) is 10.0. The van der Waals surface area contributed by atoms with Crippen LogP contribution >= 0.6 is 11.3 Å². The molecule has 2 heterocycles. The molecule has 3 aromatic rings. The average Bonchev–Trinajstić information content (AvgIpc) is 3.06. The number of benzene rings is 1. The highest BCUT2D eigenvalue weighted by atomic mass is 32.2. The van der Waals surface area contributed by atoms with Gasteiger partial charge in [0.15, 0.2) is 0 Å². The zero-order chi connectivity index (χ0) is 14.9. The number of H-pyrrole nitrogens is 1. The quantitative estimate of drug-likeness (QED) is 0.733. The van der Waals surface area contributed by atoms with Gasteiger partial charge in [-0.05, 0) is 41.1 Å². The van der Waals surface area contributed by atoms with E-state index in [4.69, 9.17) is 4.18 Å². The highest BCUT2D eigenvalue weighted by Crippen LogP contribution is 2.29. The lowest BCUT2D eigenvalue weighted by molar-refractivity contribution is 0.326. The topological polar surface area (TPSA) is 59.2 Å². The van der Waals surface area contributed by atoms with Crippen LogP contribution in [0.25, 0.3) is 21.3 Å². The van der Waals surface area contributed by atoms with Gasteiger partial charge < -0.3 is 4.98 Å². The van der Waals surface area contributed by atoms with Crippen LogP contribution in [0.2, 0.25) is 0 Å². The van der Waals surface area contributed by atoms with Crippen molar-refractivity contribution in [3.05, 3.63) is 47.5 Å². The van der Waals surface area contributed by atoms with Crippen molar-refractivity contribution in [3.8, 4) is 10.4 Å². The van der Waals surface area contributed by atoms with Crippen LogP contribution < -0.4 is 0 Å². The number of fused-ring (bicyclic) bond motifs is 1. The second-order valence-corrected chi connectivity index (χ2v) is 7.42. The molecule has 0 unspecified atom stereocenters. The Morgan fingerprint density at radius 3 is 2.86 bits per heavy atom. The molecule has 0 aliphatic carbocycles. The Balaban J connectivity index is 1.88. The molecule has 0 aliphatic rings. The molecule has 2 aromatic heterocycles. The SMILES string of the molecule is CS(=O)(=O)OCCc1c[nH]c2ccc(-c3cccs3)cc12. The maximum Gasteiger partial charge on any atom is 0.264 e. The van der Waals surface area contributed by atoms with E-state index in [2.05, 4.69) is 28.6 Å². The van der Waals surface area contributed by atoms with Crippen molar-refractivity contribution in [2.45, 2.75) is 6.42 Å². The number of aromatic amines is 1. The summed E-state index contributed by atoms with van der Waals surface area (Å²) in [5.41, 5.74) is 3.28. The van der Waals surface area contributed by atoms with Gasteiger partial charge in [-0.3, -0.25) is 4.18 Å². The maximum absolute atomic E-state index is 11.0. The number of hydrogen-bond acceptors (Lipinski definition) is 4. The van der Waals surface area contributed by atoms with Crippen molar-refractivity contribution < 1.29 is 12.6 Å². The van der Waals surface area contributed by atoms with E-state index in [0.717, 1.165) is 22.7 Å². The second-order valence-electron chi connectivity index (χ2n) is 4.83. The van der Waals surface area contributed by atoms with Gasteiger partial charge in [-0.1, -0.05) is 12.1 Å². The first kappa shape index (κ1) is 14.3. The van der Waals surface area contributed by atoms with Gasteiger partial charge >= 0.3 is 0 Å². The lowest BCUT2D eigenvalue weighted by atomic mass is 10.1. The lowest BCUT2D eigenvalue weighted by Gasteiger charge is -2.02. The molecule has 110 valence electrons. The molecule has 21 heavy (non-hydrogen) atoms. The third-order valence-corrected chi connectivity index (χ3v) is 4.76. The molecule has 3 rings (SSSR count). The van der Waals surface area contributed by atoms with Crippen LogP contribution in [-0.2, 0) is 20.7 Å². The van der Waals surface area contributed by atoms with Gasteiger partial charge in [-0.2, -0.15) is 8.42 Å². The molecular weight excluding hydrogens is 306 g/mol. The van der Waals surface area contributed by atoms with Gasteiger partial charge in [-0.25, -0.2) is 0 Å². The molecule has 1 aromatic carbocycles. The van der Waals surface area contributed by atoms with E-state index in [9.17, 15) is 8.42 Å². The molecule has 6 heteroatoms. The Kier molecular flexibility index (Phi) is 3.84. The van der Waals surface area contributed by atoms with Crippen molar-refractivity contribution in [2.75, 3.05) is 12.9 Å². The summed E-state index contributed by atoms with van der Waals surface area (Å²) in [4.78, 5) is 4.43. The molecule has 0 saturated carbocycles. The summed E-state index contributed by atoms with van der Waals surface area (Å²) in [6.45, 7) is 0.162. The fraction of sp³-hybridized carbons (Fsp3) is 0.200. The van der Waals surface area contributed by atoms with E-state index in [1.165, 1.54) is 10.4 Å². The summed E-state index contributed by atoms with van der Waals surface area (Å²) in [7, 11) is -3.38. The van der Waals surface area contributed by atoms with Gasteiger partial charge in [0.2, 0.25) is 0 Å². The zero-order valence-electron chi connectivity index (χ0n) is 11.5. The van der Waals surface area contributed by atoms with Crippen LogP contribution in [0.1, 0.15) is 5.56 Å². The number of thiophene rings is 1. The van der Waals surface area contributed by atoms with E-state index in [1.807, 2.05) is 18.3 Å². The molecular formula is C15H15NO3S2. The monoisotopic (exact) mass is 321 g/mol. The van der Waals surface area contributed by atoms with Crippen molar-refractivity contribution in [1.82, 2.24) is 4.98 Å². The summed E-state index contributed by atoms with van der Waals surface area (Å²) >= 11 is 1.70. The Morgan fingerprint density at radius 1 is 1.29 bits per heavy atom. The van der Waals surface area contributed by atoms with Crippen LogP contribution in [0.3, 0.4) is 0 Å². The maximum atomic E-state index is 11.0.